The first-order chi connectivity index (χ1) is 9.63. The third kappa shape index (κ3) is 3.22. The van der Waals surface area contributed by atoms with Gasteiger partial charge in [0.25, 0.3) is 5.91 Å². The molecule has 1 unspecified atom stereocenters. The first-order valence-electron chi connectivity index (χ1n) is 7.05. The van der Waals surface area contributed by atoms with Gasteiger partial charge in [0, 0.05) is 19.7 Å². The van der Waals surface area contributed by atoms with Crippen molar-refractivity contribution in [3.63, 3.8) is 0 Å². The Kier molecular flexibility index (Phi) is 4.84. The summed E-state index contributed by atoms with van der Waals surface area (Å²) in [6.07, 6.45) is 2.80. The highest BCUT2D eigenvalue weighted by Gasteiger charge is 2.27. The number of rotatable bonds is 4. The van der Waals surface area contributed by atoms with Crippen LogP contribution in [0.5, 0.6) is 11.5 Å². The molecule has 20 heavy (non-hydrogen) atoms. The van der Waals surface area contributed by atoms with Crippen molar-refractivity contribution >= 4 is 5.91 Å². The zero-order valence-electron chi connectivity index (χ0n) is 11.7. The van der Waals surface area contributed by atoms with E-state index in [4.69, 9.17) is 4.74 Å². The van der Waals surface area contributed by atoms with Crippen LogP contribution in [-0.4, -0.2) is 46.8 Å². The number of benzene rings is 1. The third-order valence-electron chi connectivity index (χ3n) is 3.46. The molecule has 0 saturated carbocycles. The van der Waals surface area contributed by atoms with Gasteiger partial charge in [-0.05, 0) is 31.4 Å². The summed E-state index contributed by atoms with van der Waals surface area (Å²) in [7, 11) is 0. The number of aromatic hydroxyl groups is 2. The van der Waals surface area contributed by atoms with Gasteiger partial charge in [-0.25, -0.2) is 0 Å². The van der Waals surface area contributed by atoms with Crippen LogP contribution >= 0.6 is 0 Å². The number of hydrogen-bond donors (Lipinski definition) is 2. The monoisotopic (exact) mass is 279 g/mol. The lowest BCUT2D eigenvalue weighted by atomic mass is 10.1. The molecule has 5 nitrogen and oxygen atoms in total. The van der Waals surface area contributed by atoms with Crippen molar-refractivity contribution in [3.05, 3.63) is 23.8 Å². The number of nitrogens with zero attached hydrogens (tertiary/aromatic N) is 1. The Morgan fingerprint density at radius 3 is 2.75 bits per heavy atom. The molecule has 1 fully saturated rings. The maximum atomic E-state index is 12.4. The van der Waals surface area contributed by atoms with Gasteiger partial charge in [-0.2, -0.15) is 0 Å². The van der Waals surface area contributed by atoms with Crippen molar-refractivity contribution in [3.8, 4) is 11.5 Å². The van der Waals surface area contributed by atoms with Crippen molar-refractivity contribution in [2.45, 2.75) is 32.3 Å². The molecule has 110 valence electrons. The van der Waals surface area contributed by atoms with E-state index in [1.807, 2.05) is 6.92 Å². The normalized spacial score (nSPS) is 19.1. The molecule has 1 amide bonds. The van der Waals surface area contributed by atoms with E-state index < -0.39 is 0 Å². The lowest BCUT2D eigenvalue weighted by molar-refractivity contribution is 0.00192. The largest absolute Gasteiger partial charge is 0.507 e. The van der Waals surface area contributed by atoms with Gasteiger partial charge in [-0.15, -0.1) is 0 Å². The van der Waals surface area contributed by atoms with Gasteiger partial charge in [0.2, 0.25) is 0 Å². The molecule has 1 heterocycles. The molecule has 1 aromatic rings. The van der Waals surface area contributed by atoms with E-state index in [-0.39, 0.29) is 29.1 Å². The van der Waals surface area contributed by atoms with Crippen molar-refractivity contribution < 1.29 is 19.7 Å². The standard InChI is InChI=1S/C15H21NO4/c1-2-9-20-11-5-4-8-16(10-11)15(19)14-12(17)6-3-7-13(14)18/h3,6-7,11,17-18H,2,4-5,8-10H2,1H3. The SMILES string of the molecule is CCCOC1CCCN(C(=O)c2c(O)cccc2O)C1. The van der Waals surface area contributed by atoms with Crippen LogP contribution in [0, 0.1) is 0 Å². The zero-order chi connectivity index (χ0) is 14.5. The van der Waals surface area contributed by atoms with Gasteiger partial charge < -0.3 is 19.8 Å². The van der Waals surface area contributed by atoms with Crippen LogP contribution in [0.2, 0.25) is 0 Å². The molecule has 1 aliphatic rings. The predicted octanol–water partition coefficient (Wildman–Crippen LogP) is 2.13. The third-order valence-corrected chi connectivity index (χ3v) is 3.46. The molecule has 0 radical (unpaired) electrons. The van der Waals surface area contributed by atoms with Crippen LogP contribution in [0.25, 0.3) is 0 Å². The molecular formula is C15H21NO4. The van der Waals surface area contributed by atoms with Gasteiger partial charge >= 0.3 is 0 Å². The summed E-state index contributed by atoms with van der Waals surface area (Å²) in [6, 6.07) is 4.31. The number of phenols is 2. The molecule has 2 N–H and O–H groups in total. The molecular weight excluding hydrogens is 258 g/mol. The van der Waals surface area contributed by atoms with Crippen LogP contribution in [0.15, 0.2) is 18.2 Å². The second-order valence-electron chi connectivity index (χ2n) is 5.06. The van der Waals surface area contributed by atoms with Crippen molar-refractivity contribution in [2.24, 2.45) is 0 Å². The molecule has 0 aliphatic carbocycles. The Labute approximate surface area is 118 Å². The van der Waals surface area contributed by atoms with Gasteiger partial charge in [0.05, 0.1) is 6.10 Å². The first-order valence-corrected chi connectivity index (χ1v) is 7.05. The lowest BCUT2D eigenvalue weighted by Crippen LogP contribution is -2.43. The Balaban J connectivity index is 2.08. The molecule has 1 atom stereocenters. The number of carbonyl (C=O) groups excluding carboxylic acids is 1. The van der Waals surface area contributed by atoms with Gasteiger partial charge in [-0.3, -0.25) is 4.79 Å². The smallest absolute Gasteiger partial charge is 0.261 e. The molecule has 2 rings (SSSR count). The fourth-order valence-corrected chi connectivity index (χ4v) is 2.45. The minimum Gasteiger partial charge on any atom is -0.507 e. The summed E-state index contributed by atoms with van der Waals surface area (Å²) in [4.78, 5) is 14.0. The number of amides is 1. The highest BCUT2D eigenvalue weighted by atomic mass is 16.5. The molecule has 1 aliphatic heterocycles. The Morgan fingerprint density at radius 2 is 2.10 bits per heavy atom. The van der Waals surface area contributed by atoms with Crippen molar-refractivity contribution in [1.29, 1.82) is 0 Å². The first kappa shape index (κ1) is 14.7. The fourth-order valence-electron chi connectivity index (χ4n) is 2.45. The highest BCUT2D eigenvalue weighted by Crippen LogP contribution is 2.28. The number of likely N-dealkylation sites (tertiary alicyclic amines) is 1. The summed E-state index contributed by atoms with van der Waals surface area (Å²) in [5.41, 5.74) is -0.0244. The second kappa shape index (κ2) is 6.61. The molecule has 0 spiro atoms. The maximum Gasteiger partial charge on any atom is 0.261 e. The van der Waals surface area contributed by atoms with E-state index in [2.05, 4.69) is 0 Å². The van der Waals surface area contributed by atoms with Gasteiger partial charge in [0.1, 0.15) is 17.1 Å². The van der Waals surface area contributed by atoms with Crippen molar-refractivity contribution in [1.82, 2.24) is 4.90 Å². The summed E-state index contributed by atoms with van der Waals surface area (Å²) in [5.74, 6) is -0.719. The number of ether oxygens (including phenoxy) is 1. The number of phenolic OH excluding ortho intramolecular Hbond substituents is 2. The maximum absolute atomic E-state index is 12.4. The number of piperidine rings is 1. The topological polar surface area (TPSA) is 70.0 Å². The van der Waals surface area contributed by atoms with Crippen LogP contribution in [-0.2, 0) is 4.74 Å². The minimum absolute atomic E-state index is 0.0244. The summed E-state index contributed by atoms with van der Waals surface area (Å²) < 4.78 is 5.69. The van der Waals surface area contributed by atoms with E-state index in [9.17, 15) is 15.0 Å². The number of hydrogen-bond acceptors (Lipinski definition) is 4. The highest BCUT2D eigenvalue weighted by molar-refractivity contribution is 5.99. The Bertz CT molecular complexity index is 455. The van der Waals surface area contributed by atoms with Crippen LogP contribution < -0.4 is 0 Å². The van der Waals surface area contributed by atoms with Crippen molar-refractivity contribution in [2.75, 3.05) is 19.7 Å². The lowest BCUT2D eigenvalue weighted by Gasteiger charge is -2.33. The second-order valence-corrected chi connectivity index (χ2v) is 5.06. The zero-order valence-corrected chi connectivity index (χ0v) is 11.7. The average Bonchev–Trinajstić information content (AvgIpc) is 2.45. The molecule has 1 saturated heterocycles. The molecule has 1 aromatic carbocycles. The molecule has 5 heteroatoms. The van der Waals surface area contributed by atoms with Crippen LogP contribution in [0.4, 0.5) is 0 Å². The quantitative estimate of drug-likeness (QED) is 0.885. The van der Waals surface area contributed by atoms with Crippen LogP contribution in [0.3, 0.4) is 0 Å². The fraction of sp³-hybridized carbons (Fsp3) is 0.533. The molecule has 0 aromatic heterocycles. The minimum atomic E-state index is -0.342. The predicted molar refractivity (Wildman–Crippen MR) is 74.9 cm³/mol. The van der Waals surface area contributed by atoms with E-state index in [0.29, 0.717) is 19.7 Å². The average molecular weight is 279 g/mol. The van der Waals surface area contributed by atoms with Gasteiger partial charge in [0.15, 0.2) is 0 Å². The Hall–Kier alpha value is -1.75. The van der Waals surface area contributed by atoms with Crippen LogP contribution in [0.1, 0.15) is 36.5 Å². The molecule has 0 bridgehead atoms. The van der Waals surface area contributed by atoms with E-state index in [0.717, 1.165) is 19.3 Å². The summed E-state index contributed by atoms with van der Waals surface area (Å²) >= 11 is 0. The number of carbonyl (C=O) groups is 1. The summed E-state index contributed by atoms with van der Waals surface area (Å²) in [5, 5.41) is 19.5. The van der Waals surface area contributed by atoms with E-state index in [1.165, 1.54) is 18.2 Å². The van der Waals surface area contributed by atoms with E-state index in [1.54, 1.807) is 4.90 Å². The Morgan fingerprint density at radius 1 is 1.40 bits per heavy atom. The van der Waals surface area contributed by atoms with E-state index >= 15 is 0 Å². The van der Waals surface area contributed by atoms with Gasteiger partial charge in [-0.1, -0.05) is 13.0 Å². The summed E-state index contributed by atoms with van der Waals surface area (Å²) in [6.45, 7) is 3.87.